The Morgan fingerprint density at radius 1 is 1.27 bits per heavy atom. The second-order valence-corrected chi connectivity index (χ2v) is 5.06. The molecule has 1 fully saturated rings. The number of nitrogens with two attached hydrogens (primary N) is 1. The monoisotopic (exact) mass is 213 g/mol. The van der Waals surface area contributed by atoms with E-state index in [1.807, 2.05) is 0 Å². The molecule has 1 aliphatic carbocycles. The molecule has 0 heterocycles. The van der Waals surface area contributed by atoms with Gasteiger partial charge in [-0.15, -0.1) is 0 Å². The summed E-state index contributed by atoms with van der Waals surface area (Å²) in [7, 11) is 0. The molecule has 2 nitrogen and oxygen atoms in total. The van der Waals surface area contributed by atoms with Crippen LogP contribution < -0.4 is 5.73 Å². The van der Waals surface area contributed by atoms with Crippen LogP contribution in [0.2, 0.25) is 0 Å². The maximum absolute atomic E-state index is 6.35. The maximum Gasteiger partial charge on any atom is 0.0832 e. The summed E-state index contributed by atoms with van der Waals surface area (Å²) in [5.74, 6) is 0.720. The minimum absolute atomic E-state index is 0.0121. The van der Waals surface area contributed by atoms with E-state index in [9.17, 15) is 0 Å². The van der Waals surface area contributed by atoms with E-state index in [1.165, 1.54) is 32.1 Å². The van der Waals surface area contributed by atoms with Crippen molar-refractivity contribution < 1.29 is 4.74 Å². The predicted octanol–water partition coefficient (Wildman–Crippen LogP) is 3.10. The summed E-state index contributed by atoms with van der Waals surface area (Å²) in [6.07, 6.45) is 7.23. The van der Waals surface area contributed by atoms with Gasteiger partial charge in [0, 0.05) is 12.6 Å². The van der Waals surface area contributed by atoms with Crippen LogP contribution in [-0.4, -0.2) is 18.2 Å². The first-order valence-corrected chi connectivity index (χ1v) is 6.54. The highest BCUT2D eigenvalue weighted by Gasteiger charge is 2.40. The van der Waals surface area contributed by atoms with Crippen LogP contribution in [0.3, 0.4) is 0 Å². The van der Waals surface area contributed by atoms with Gasteiger partial charge in [-0.2, -0.15) is 0 Å². The molecule has 0 aromatic carbocycles. The smallest absolute Gasteiger partial charge is 0.0832 e. The van der Waals surface area contributed by atoms with Gasteiger partial charge in [0.05, 0.1) is 5.60 Å². The van der Waals surface area contributed by atoms with E-state index in [-0.39, 0.29) is 11.6 Å². The first-order valence-electron chi connectivity index (χ1n) is 6.54. The molecule has 15 heavy (non-hydrogen) atoms. The van der Waals surface area contributed by atoms with Gasteiger partial charge in [0.25, 0.3) is 0 Å². The van der Waals surface area contributed by atoms with Gasteiger partial charge in [-0.05, 0) is 32.1 Å². The van der Waals surface area contributed by atoms with Gasteiger partial charge in [-0.1, -0.05) is 33.1 Å². The lowest BCUT2D eigenvalue weighted by atomic mass is 9.85. The molecule has 2 N–H and O–H groups in total. The van der Waals surface area contributed by atoms with Crippen LogP contribution in [0, 0.1) is 5.92 Å². The molecule has 0 aliphatic heterocycles. The SMILES string of the molecule is CCOC1(C(N)CC(C)CC)CCCC1. The molecule has 1 rings (SSSR count). The lowest BCUT2D eigenvalue weighted by Crippen LogP contribution is -2.49. The summed E-state index contributed by atoms with van der Waals surface area (Å²) in [5, 5.41) is 0. The Morgan fingerprint density at radius 2 is 1.87 bits per heavy atom. The first kappa shape index (κ1) is 13.0. The second-order valence-electron chi connectivity index (χ2n) is 5.06. The van der Waals surface area contributed by atoms with Crippen molar-refractivity contribution in [1.82, 2.24) is 0 Å². The molecular weight excluding hydrogens is 186 g/mol. The highest BCUT2D eigenvalue weighted by molar-refractivity contribution is 4.95. The van der Waals surface area contributed by atoms with Crippen molar-refractivity contribution in [3.63, 3.8) is 0 Å². The number of rotatable bonds is 6. The minimum Gasteiger partial charge on any atom is -0.374 e. The molecular formula is C13H27NO. The number of hydrogen-bond acceptors (Lipinski definition) is 2. The zero-order chi connectivity index (χ0) is 11.3. The van der Waals surface area contributed by atoms with E-state index in [2.05, 4.69) is 20.8 Å². The van der Waals surface area contributed by atoms with Crippen LogP contribution in [-0.2, 0) is 4.74 Å². The largest absolute Gasteiger partial charge is 0.374 e. The molecule has 1 saturated carbocycles. The first-order chi connectivity index (χ1) is 7.14. The van der Waals surface area contributed by atoms with Gasteiger partial charge in [0.15, 0.2) is 0 Å². The zero-order valence-electron chi connectivity index (χ0n) is 10.6. The van der Waals surface area contributed by atoms with Crippen LogP contribution in [0.25, 0.3) is 0 Å². The van der Waals surface area contributed by atoms with Crippen LogP contribution in [0.15, 0.2) is 0 Å². The van der Waals surface area contributed by atoms with E-state index in [0.29, 0.717) is 0 Å². The predicted molar refractivity (Wildman–Crippen MR) is 64.9 cm³/mol. The third kappa shape index (κ3) is 3.18. The Labute approximate surface area is 94.6 Å². The van der Waals surface area contributed by atoms with E-state index >= 15 is 0 Å². The second kappa shape index (κ2) is 5.86. The lowest BCUT2D eigenvalue weighted by molar-refractivity contribution is -0.0569. The fraction of sp³-hybridized carbons (Fsp3) is 1.00. The third-order valence-corrected chi connectivity index (χ3v) is 3.91. The van der Waals surface area contributed by atoms with E-state index < -0.39 is 0 Å². The molecule has 1 aliphatic rings. The molecule has 0 amide bonds. The van der Waals surface area contributed by atoms with Gasteiger partial charge in [0.2, 0.25) is 0 Å². The summed E-state index contributed by atoms with van der Waals surface area (Å²) in [6.45, 7) is 7.40. The molecule has 90 valence electrons. The lowest BCUT2D eigenvalue weighted by Gasteiger charge is -2.36. The normalized spacial score (nSPS) is 24.0. The summed E-state index contributed by atoms with van der Waals surface area (Å²) in [6, 6.07) is 0.231. The average molecular weight is 213 g/mol. The Kier molecular flexibility index (Phi) is 5.07. The van der Waals surface area contributed by atoms with Crippen molar-refractivity contribution in [2.45, 2.75) is 70.9 Å². The summed E-state index contributed by atoms with van der Waals surface area (Å²) >= 11 is 0. The van der Waals surface area contributed by atoms with Gasteiger partial charge in [-0.25, -0.2) is 0 Å². The fourth-order valence-corrected chi connectivity index (χ4v) is 2.70. The summed E-state index contributed by atoms with van der Waals surface area (Å²) < 4.78 is 5.97. The molecule has 0 spiro atoms. The molecule has 2 heteroatoms. The molecule has 0 bridgehead atoms. The van der Waals surface area contributed by atoms with Crippen LogP contribution in [0.5, 0.6) is 0 Å². The average Bonchev–Trinajstić information content (AvgIpc) is 2.68. The number of hydrogen-bond donors (Lipinski definition) is 1. The van der Waals surface area contributed by atoms with E-state index in [4.69, 9.17) is 10.5 Å². The Hall–Kier alpha value is -0.0800. The van der Waals surface area contributed by atoms with Crippen molar-refractivity contribution in [3.8, 4) is 0 Å². The Balaban J connectivity index is 2.54. The molecule has 0 radical (unpaired) electrons. The maximum atomic E-state index is 6.35. The molecule has 0 aromatic rings. The quantitative estimate of drug-likeness (QED) is 0.736. The Bertz CT molecular complexity index is 175. The van der Waals surface area contributed by atoms with Crippen LogP contribution in [0.4, 0.5) is 0 Å². The summed E-state index contributed by atoms with van der Waals surface area (Å²) in [4.78, 5) is 0. The third-order valence-electron chi connectivity index (χ3n) is 3.91. The highest BCUT2D eigenvalue weighted by atomic mass is 16.5. The molecule has 2 unspecified atom stereocenters. The molecule has 0 saturated heterocycles. The van der Waals surface area contributed by atoms with Crippen LogP contribution in [0.1, 0.15) is 59.3 Å². The molecule has 2 atom stereocenters. The Morgan fingerprint density at radius 3 is 2.33 bits per heavy atom. The van der Waals surface area contributed by atoms with E-state index in [1.54, 1.807) is 0 Å². The van der Waals surface area contributed by atoms with Gasteiger partial charge in [-0.3, -0.25) is 0 Å². The van der Waals surface area contributed by atoms with Crippen molar-refractivity contribution in [2.75, 3.05) is 6.61 Å². The topological polar surface area (TPSA) is 35.2 Å². The van der Waals surface area contributed by atoms with Crippen molar-refractivity contribution in [2.24, 2.45) is 11.7 Å². The highest BCUT2D eigenvalue weighted by Crippen LogP contribution is 2.37. The number of ether oxygens (including phenoxy) is 1. The van der Waals surface area contributed by atoms with E-state index in [0.717, 1.165) is 18.9 Å². The standard InChI is InChI=1S/C13H27NO/c1-4-11(3)10-12(14)13(15-5-2)8-6-7-9-13/h11-12H,4-10,14H2,1-3H3. The van der Waals surface area contributed by atoms with Gasteiger partial charge in [0.1, 0.15) is 0 Å². The van der Waals surface area contributed by atoms with Gasteiger partial charge < -0.3 is 10.5 Å². The molecule has 0 aromatic heterocycles. The summed E-state index contributed by atoms with van der Waals surface area (Å²) in [5.41, 5.74) is 6.36. The van der Waals surface area contributed by atoms with Gasteiger partial charge >= 0.3 is 0 Å². The minimum atomic E-state index is 0.0121. The fourth-order valence-electron chi connectivity index (χ4n) is 2.70. The van der Waals surface area contributed by atoms with Crippen molar-refractivity contribution in [1.29, 1.82) is 0 Å². The van der Waals surface area contributed by atoms with Crippen molar-refractivity contribution in [3.05, 3.63) is 0 Å². The van der Waals surface area contributed by atoms with Crippen molar-refractivity contribution >= 4 is 0 Å². The zero-order valence-corrected chi connectivity index (χ0v) is 10.6. The van der Waals surface area contributed by atoms with Crippen LogP contribution >= 0.6 is 0 Å².